The van der Waals surface area contributed by atoms with E-state index in [-0.39, 0.29) is 28.7 Å². The summed E-state index contributed by atoms with van der Waals surface area (Å²) in [6, 6.07) is 7.54. The van der Waals surface area contributed by atoms with E-state index in [1.165, 1.54) is 0 Å². The molecule has 7 nitrogen and oxygen atoms in total. The van der Waals surface area contributed by atoms with Crippen molar-refractivity contribution < 1.29 is 24.5 Å². The summed E-state index contributed by atoms with van der Waals surface area (Å²) < 4.78 is 12.2. The number of benzene rings is 2. The van der Waals surface area contributed by atoms with Crippen molar-refractivity contribution in [1.82, 2.24) is 4.98 Å². The molecular weight excluding hydrogens is 454 g/mol. The number of carbonyl (C=O) groups excluding carboxylic acids is 1. The lowest BCUT2D eigenvalue weighted by Crippen LogP contribution is -2.40. The van der Waals surface area contributed by atoms with Crippen molar-refractivity contribution in [3.05, 3.63) is 66.6 Å². The standard InChI is InChI=1S/C26H29NO6S/c1-14-15(2)23-21(16(3)22(14)29)19(28)13-26(4,33-23)10-5-11-32-18-8-6-17(7-9-18)12-20-24(30)27-25(31)34-20/h6-9,29-30H,5,10-13H2,1-4H3,(H,27,31). The summed E-state index contributed by atoms with van der Waals surface area (Å²) in [6.45, 7) is 7.89. The molecule has 1 aliphatic heterocycles. The van der Waals surface area contributed by atoms with Crippen LogP contribution < -0.4 is 14.3 Å². The number of hydrogen-bond acceptors (Lipinski definition) is 7. The van der Waals surface area contributed by atoms with E-state index in [1.54, 1.807) is 6.92 Å². The SMILES string of the molecule is Cc1c(C)c2c(c(C)c1O)C(=O)CC(C)(CCCOc1ccc(Cc3sc(=O)[nH]c3O)cc1)O2. The highest BCUT2D eigenvalue weighted by molar-refractivity contribution is 7.09. The number of rotatable bonds is 7. The van der Waals surface area contributed by atoms with Gasteiger partial charge in [-0.3, -0.25) is 14.6 Å². The molecule has 1 aliphatic rings. The van der Waals surface area contributed by atoms with Gasteiger partial charge in [-0.15, -0.1) is 0 Å². The van der Waals surface area contributed by atoms with E-state index in [0.29, 0.717) is 47.6 Å². The Balaban J connectivity index is 1.34. The fraction of sp³-hybridized carbons (Fsp3) is 0.385. The van der Waals surface area contributed by atoms with E-state index in [9.17, 15) is 19.8 Å². The Morgan fingerprint density at radius 3 is 2.44 bits per heavy atom. The molecule has 1 atom stereocenters. The van der Waals surface area contributed by atoms with Crippen molar-refractivity contribution in [1.29, 1.82) is 0 Å². The Morgan fingerprint density at radius 2 is 1.79 bits per heavy atom. The molecule has 0 radical (unpaired) electrons. The molecule has 0 saturated carbocycles. The average Bonchev–Trinajstić information content (AvgIpc) is 3.11. The number of hydrogen-bond donors (Lipinski definition) is 3. The number of phenolic OH excluding ortho intramolecular Hbond substituents is 1. The third-order valence-corrected chi connectivity index (χ3v) is 7.36. The fourth-order valence-electron chi connectivity index (χ4n) is 4.42. The summed E-state index contributed by atoms with van der Waals surface area (Å²) in [5, 5.41) is 20.1. The van der Waals surface area contributed by atoms with Crippen LogP contribution in [0.5, 0.6) is 23.1 Å². The van der Waals surface area contributed by atoms with Crippen molar-refractivity contribution in [3.63, 3.8) is 0 Å². The van der Waals surface area contributed by atoms with Crippen LogP contribution in [-0.2, 0) is 6.42 Å². The second kappa shape index (κ2) is 9.18. The summed E-state index contributed by atoms with van der Waals surface area (Å²) in [5.74, 6) is 1.39. The number of nitrogens with one attached hydrogen (secondary N) is 1. The van der Waals surface area contributed by atoms with E-state index in [0.717, 1.165) is 33.8 Å². The van der Waals surface area contributed by atoms with Gasteiger partial charge < -0.3 is 19.7 Å². The first-order valence-corrected chi connectivity index (χ1v) is 12.1. The lowest BCUT2D eigenvalue weighted by Gasteiger charge is -2.37. The molecule has 0 amide bonds. The molecular formula is C26H29NO6S. The Hall–Kier alpha value is -3.26. The van der Waals surface area contributed by atoms with Crippen LogP contribution in [0.4, 0.5) is 0 Å². The van der Waals surface area contributed by atoms with E-state index in [2.05, 4.69) is 4.98 Å². The molecule has 3 aromatic rings. The molecule has 3 N–H and O–H groups in total. The smallest absolute Gasteiger partial charge is 0.307 e. The first kappa shape index (κ1) is 23.9. The molecule has 1 unspecified atom stereocenters. The van der Waals surface area contributed by atoms with Gasteiger partial charge in [0.2, 0.25) is 5.88 Å². The topological polar surface area (TPSA) is 109 Å². The summed E-state index contributed by atoms with van der Waals surface area (Å²) in [7, 11) is 0. The lowest BCUT2D eigenvalue weighted by atomic mass is 9.84. The molecule has 1 aromatic heterocycles. The number of ketones is 1. The van der Waals surface area contributed by atoms with E-state index < -0.39 is 5.60 Å². The van der Waals surface area contributed by atoms with Crippen molar-refractivity contribution in [2.75, 3.05) is 6.61 Å². The maximum Gasteiger partial charge on any atom is 0.307 e. The number of H-pyrrole nitrogens is 1. The zero-order valence-electron chi connectivity index (χ0n) is 19.8. The number of aromatic nitrogens is 1. The van der Waals surface area contributed by atoms with Gasteiger partial charge in [0.1, 0.15) is 22.8 Å². The van der Waals surface area contributed by atoms with E-state index >= 15 is 0 Å². The van der Waals surface area contributed by atoms with Gasteiger partial charge in [-0.05, 0) is 69.4 Å². The van der Waals surface area contributed by atoms with Gasteiger partial charge in [-0.1, -0.05) is 23.5 Å². The van der Waals surface area contributed by atoms with Crippen molar-refractivity contribution >= 4 is 17.1 Å². The number of carbonyl (C=O) groups is 1. The average molecular weight is 484 g/mol. The van der Waals surface area contributed by atoms with Crippen LogP contribution in [-0.4, -0.2) is 33.2 Å². The zero-order chi connectivity index (χ0) is 24.6. The van der Waals surface area contributed by atoms with Crippen LogP contribution in [0.1, 0.15) is 63.7 Å². The number of aromatic amines is 1. The summed E-state index contributed by atoms with van der Waals surface area (Å²) in [6.07, 6.45) is 2.09. The number of ether oxygens (including phenoxy) is 2. The van der Waals surface area contributed by atoms with Gasteiger partial charge in [0, 0.05) is 12.0 Å². The minimum absolute atomic E-state index is 0.00497. The highest BCUT2D eigenvalue weighted by atomic mass is 32.1. The molecule has 0 fully saturated rings. The largest absolute Gasteiger partial charge is 0.507 e. The molecule has 34 heavy (non-hydrogen) atoms. The highest BCUT2D eigenvalue weighted by Gasteiger charge is 2.39. The molecule has 8 heteroatoms. The molecule has 0 spiro atoms. The zero-order valence-corrected chi connectivity index (χ0v) is 20.6. The Labute approximate surface area is 202 Å². The van der Waals surface area contributed by atoms with Gasteiger partial charge in [-0.25, -0.2) is 0 Å². The third-order valence-electron chi connectivity index (χ3n) is 6.48. The first-order valence-electron chi connectivity index (χ1n) is 11.3. The predicted molar refractivity (Wildman–Crippen MR) is 131 cm³/mol. The first-order chi connectivity index (χ1) is 16.1. The van der Waals surface area contributed by atoms with Crippen LogP contribution in [0, 0.1) is 20.8 Å². The monoisotopic (exact) mass is 483 g/mol. The molecule has 180 valence electrons. The maximum absolute atomic E-state index is 12.9. The highest BCUT2D eigenvalue weighted by Crippen LogP contribution is 2.44. The third kappa shape index (κ3) is 4.68. The second-order valence-corrected chi connectivity index (χ2v) is 10.2. The Morgan fingerprint density at radius 1 is 1.09 bits per heavy atom. The minimum atomic E-state index is -0.627. The number of fused-ring (bicyclic) bond motifs is 1. The summed E-state index contributed by atoms with van der Waals surface area (Å²) >= 11 is 1.00. The van der Waals surface area contributed by atoms with Crippen LogP contribution >= 0.6 is 11.3 Å². The number of thiazole rings is 1. The molecule has 2 heterocycles. The van der Waals surface area contributed by atoms with Crippen molar-refractivity contribution in [2.45, 2.75) is 59.0 Å². The van der Waals surface area contributed by atoms with Gasteiger partial charge in [0.05, 0.1) is 23.5 Å². The van der Waals surface area contributed by atoms with Gasteiger partial charge >= 0.3 is 4.87 Å². The quantitative estimate of drug-likeness (QED) is 0.411. The van der Waals surface area contributed by atoms with Crippen molar-refractivity contribution in [3.8, 4) is 23.1 Å². The second-order valence-electron chi connectivity index (χ2n) is 9.14. The number of Topliss-reactive ketones (excluding diaryl/α,β-unsaturated/α-hetero) is 1. The van der Waals surface area contributed by atoms with Crippen LogP contribution in [0.2, 0.25) is 0 Å². The summed E-state index contributed by atoms with van der Waals surface area (Å²) in [4.78, 5) is 26.9. The summed E-state index contributed by atoms with van der Waals surface area (Å²) in [5.41, 5.74) is 2.95. The normalized spacial score (nSPS) is 17.4. The molecule has 2 aromatic carbocycles. The Bertz CT molecular complexity index is 1290. The molecule has 0 saturated heterocycles. The minimum Gasteiger partial charge on any atom is -0.507 e. The van der Waals surface area contributed by atoms with Crippen LogP contribution in [0.15, 0.2) is 29.1 Å². The lowest BCUT2D eigenvalue weighted by molar-refractivity contribution is 0.0423. The molecule has 4 rings (SSSR count). The number of aromatic hydroxyl groups is 2. The van der Waals surface area contributed by atoms with Crippen LogP contribution in [0.25, 0.3) is 0 Å². The Kier molecular flexibility index (Phi) is 6.45. The molecule has 0 bridgehead atoms. The molecule has 0 aliphatic carbocycles. The van der Waals surface area contributed by atoms with Gasteiger partial charge in [-0.2, -0.15) is 0 Å². The van der Waals surface area contributed by atoms with E-state index in [4.69, 9.17) is 9.47 Å². The maximum atomic E-state index is 12.9. The van der Waals surface area contributed by atoms with Crippen LogP contribution in [0.3, 0.4) is 0 Å². The number of phenols is 1. The van der Waals surface area contributed by atoms with Gasteiger partial charge in [0.15, 0.2) is 5.78 Å². The fourth-order valence-corrected chi connectivity index (χ4v) is 5.17. The van der Waals surface area contributed by atoms with E-state index in [1.807, 2.05) is 45.0 Å². The van der Waals surface area contributed by atoms with Crippen molar-refractivity contribution in [2.24, 2.45) is 0 Å². The predicted octanol–water partition coefficient (Wildman–Crippen LogP) is 4.95. The van der Waals surface area contributed by atoms with Gasteiger partial charge in [0.25, 0.3) is 0 Å².